The van der Waals surface area contributed by atoms with Crippen LogP contribution in [-0.2, 0) is 6.54 Å². The summed E-state index contributed by atoms with van der Waals surface area (Å²) < 4.78 is 6.00. The zero-order valence-corrected chi connectivity index (χ0v) is 15.2. The van der Waals surface area contributed by atoms with Crippen LogP contribution >= 0.6 is 0 Å². The van der Waals surface area contributed by atoms with Crippen molar-refractivity contribution >= 4 is 5.91 Å². The van der Waals surface area contributed by atoms with Crippen LogP contribution in [0.5, 0.6) is 5.75 Å². The molecule has 0 spiro atoms. The summed E-state index contributed by atoms with van der Waals surface area (Å²) in [5.74, 6) is 0.733. The second-order valence-electron chi connectivity index (χ2n) is 6.81. The van der Waals surface area contributed by atoms with E-state index in [-0.39, 0.29) is 11.9 Å². The number of hydrogen-bond acceptors (Lipinski definition) is 5. The molecule has 0 bridgehead atoms. The minimum Gasteiger partial charge on any atom is -0.491 e. The standard InChI is InChI=1S/C19H24N4O2/c1-13-5-6-18-15(7-13)10-23(16(12-25-18)11-22(3)4)19(24)17-9-20-14(2)8-21-17/h5-9,16H,10-12H2,1-4H3/t16-/m0/s1. The van der Waals surface area contributed by atoms with Crippen molar-refractivity contribution in [1.82, 2.24) is 19.8 Å². The Morgan fingerprint density at radius 2 is 2.08 bits per heavy atom. The summed E-state index contributed by atoms with van der Waals surface area (Å²) in [7, 11) is 3.99. The Morgan fingerprint density at radius 1 is 1.28 bits per heavy atom. The van der Waals surface area contributed by atoms with Gasteiger partial charge in [0.05, 0.1) is 24.5 Å². The highest BCUT2D eigenvalue weighted by molar-refractivity contribution is 5.92. The van der Waals surface area contributed by atoms with Gasteiger partial charge in [-0.2, -0.15) is 0 Å². The lowest BCUT2D eigenvalue weighted by Crippen LogP contribution is -2.47. The van der Waals surface area contributed by atoms with E-state index in [1.54, 1.807) is 12.4 Å². The van der Waals surface area contributed by atoms with Gasteiger partial charge in [-0.1, -0.05) is 17.7 Å². The van der Waals surface area contributed by atoms with Crippen molar-refractivity contribution in [2.75, 3.05) is 27.2 Å². The van der Waals surface area contributed by atoms with Gasteiger partial charge in [0.1, 0.15) is 18.1 Å². The van der Waals surface area contributed by atoms with Gasteiger partial charge in [-0.3, -0.25) is 9.78 Å². The molecule has 2 aromatic rings. The lowest BCUT2D eigenvalue weighted by Gasteiger charge is -2.31. The number of aromatic nitrogens is 2. The topological polar surface area (TPSA) is 58.6 Å². The summed E-state index contributed by atoms with van der Waals surface area (Å²) in [4.78, 5) is 25.5. The molecule has 3 rings (SSSR count). The number of carbonyl (C=O) groups is 1. The van der Waals surface area contributed by atoms with Gasteiger partial charge in [0.25, 0.3) is 5.91 Å². The molecular formula is C19H24N4O2. The Hall–Kier alpha value is -2.47. The Kier molecular flexibility index (Phi) is 4.99. The Bertz CT molecular complexity index is 759. The second kappa shape index (κ2) is 7.19. The molecule has 0 saturated carbocycles. The van der Waals surface area contributed by atoms with Crippen LogP contribution < -0.4 is 4.74 Å². The SMILES string of the molecule is Cc1ccc2c(c1)CN(C(=O)c1cnc(C)cn1)[C@@H](CN(C)C)CO2. The molecule has 0 N–H and O–H groups in total. The van der Waals surface area contributed by atoms with Crippen molar-refractivity contribution in [3.8, 4) is 5.75 Å². The van der Waals surface area contributed by atoms with E-state index in [2.05, 4.69) is 20.9 Å². The smallest absolute Gasteiger partial charge is 0.274 e. The van der Waals surface area contributed by atoms with Gasteiger partial charge in [-0.25, -0.2) is 4.98 Å². The maximum atomic E-state index is 13.1. The zero-order chi connectivity index (χ0) is 18.0. The van der Waals surface area contributed by atoms with Crippen molar-refractivity contribution < 1.29 is 9.53 Å². The number of amides is 1. The number of fused-ring (bicyclic) bond motifs is 1. The van der Waals surface area contributed by atoms with Crippen LogP contribution in [0.15, 0.2) is 30.6 Å². The van der Waals surface area contributed by atoms with Crippen molar-refractivity contribution in [2.24, 2.45) is 0 Å². The van der Waals surface area contributed by atoms with E-state index >= 15 is 0 Å². The first-order valence-corrected chi connectivity index (χ1v) is 8.40. The van der Waals surface area contributed by atoms with Gasteiger partial charge >= 0.3 is 0 Å². The van der Waals surface area contributed by atoms with Gasteiger partial charge in [0, 0.05) is 18.3 Å². The quantitative estimate of drug-likeness (QED) is 0.856. The third-order valence-electron chi connectivity index (χ3n) is 4.27. The predicted octanol–water partition coefficient (Wildman–Crippen LogP) is 2.06. The van der Waals surface area contributed by atoms with E-state index in [1.807, 2.05) is 45.0 Å². The molecule has 0 aliphatic carbocycles. The van der Waals surface area contributed by atoms with Gasteiger partial charge in [0.15, 0.2) is 0 Å². The molecule has 1 atom stereocenters. The van der Waals surface area contributed by atoms with Crippen molar-refractivity contribution in [3.63, 3.8) is 0 Å². The number of rotatable bonds is 3. The predicted molar refractivity (Wildman–Crippen MR) is 95.7 cm³/mol. The summed E-state index contributed by atoms with van der Waals surface area (Å²) in [6, 6.07) is 6.03. The van der Waals surface area contributed by atoms with Gasteiger partial charge in [-0.05, 0) is 34.0 Å². The molecule has 0 unspecified atom stereocenters. The third-order valence-corrected chi connectivity index (χ3v) is 4.27. The maximum Gasteiger partial charge on any atom is 0.274 e. The normalized spacial score (nSPS) is 17.0. The summed E-state index contributed by atoms with van der Waals surface area (Å²) in [5, 5.41) is 0. The first-order valence-electron chi connectivity index (χ1n) is 8.40. The number of benzene rings is 1. The van der Waals surface area contributed by atoms with Crippen LogP contribution in [0.4, 0.5) is 0 Å². The monoisotopic (exact) mass is 340 g/mol. The number of hydrogen-bond donors (Lipinski definition) is 0. The molecule has 132 valence electrons. The van der Waals surface area contributed by atoms with E-state index in [0.717, 1.165) is 29.1 Å². The zero-order valence-electron chi connectivity index (χ0n) is 15.2. The van der Waals surface area contributed by atoms with Crippen LogP contribution in [0, 0.1) is 13.8 Å². The van der Waals surface area contributed by atoms with Crippen LogP contribution in [-0.4, -0.2) is 59.0 Å². The van der Waals surface area contributed by atoms with Crippen LogP contribution in [0.2, 0.25) is 0 Å². The first-order chi connectivity index (χ1) is 11.9. The highest BCUT2D eigenvalue weighted by atomic mass is 16.5. The van der Waals surface area contributed by atoms with Gasteiger partial charge < -0.3 is 14.5 Å². The fourth-order valence-corrected chi connectivity index (χ4v) is 3.02. The van der Waals surface area contributed by atoms with Crippen LogP contribution in [0.1, 0.15) is 27.3 Å². The van der Waals surface area contributed by atoms with Gasteiger partial charge in [-0.15, -0.1) is 0 Å². The van der Waals surface area contributed by atoms with E-state index in [9.17, 15) is 4.79 Å². The molecule has 0 fully saturated rings. The largest absolute Gasteiger partial charge is 0.491 e. The molecule has 1 amide bonds. The number of nitrogens with zero attached hydrogens (tertiary/aromatic N) is 4. The maximum absolute atomic E-state index is 13.1. The highest BCUT2D eigenvalue weighted by Gasteiger charge is 2.30. The van der Waals surface area contributed by atoms with Crippen LogP contribution in [0.25, 0.3) is 0 Å². The molecule has 1 aliphatic rings. The molecule has 0 saturated heterocycles. The summed E-state index contributed by atoms with van der Waals surface area (Å²) in [6.45, 7) is 5.58. The summed E-state index contributed by atoms with van der Waals surface area (Å²) in [5.41, 5.74) is 3.33. The number of ether oxygens (including phenoxy) is 1. The van der Waals surface area contributed by atoms with E-state index in [0.29, 0.717) is 18.8 Å². The van der Waals surface area contributed by atoms with E-state index < -0.39 is 0 Å². The first kappa shape index (κ1) is 17.4. The van der Waals surface area contributed by atoms with Crippen molar-refractivity contribution in [1.29, 1.82) is 0 Å². The van der Waals surface area contributed by atoms with Crippen LogP contribution in [0.3, 0.4) is 0 Å². The minimum atomic E-state index is -0.114. The Morgan fingerprint density at radius 3 is 2.76 bits per heavy atom. The number of carbonyl (C=O) groups excluding carboxylic acids is 1. The number of aryl methyl sites for hydroxylation is 2. The molecule has 25 heavy (non-hydrogen) atoms. The molecule has 6 heteroatoms. The van der Waals surface area contributed by atoms with Crippen molar-refractivity contribution in [2.45, 2.75) is 26.4 Å². The Balaban J connectivity index is 1.95. The molecule has 6 nitrogen and oxygen atoms in total. The molecule has 1 aromatic carbocycles. The molecule has 2 heterocycles. The fraction of sp³-hybridized carbons (Fsp3) is 0.421. The lowest BCUT2D eigenvalue weighted by atomic mass is 10.1. The summed E-state index contributed by atoms with van der Waals surface area (Å²) in [6.07, 6.45) is 3.17. The average Bonchev–Trinajstić information content (AvgIpc) is 2.74. The van der Waals surface area contributed by atoms with E-state index in [1.165, 1.54) is 0 Å². The third kappa shape index (κ3) is 3.96. The molecule has 0 radical (unpaired) electrons. The Labute approximate surface area is 148 Å². The second-order valence-corrected chi connectivity index (χ2v) is 6.81. The highest BCUT2D eigenvalue weighted by Crippen LogP contribution is 2.27. The summed E-state index contributed by atoms with van der Waals surface area (Å²) >= 11 is 0. The molecule has 1 aliphatic heterocycles. The minimum absolute atomic E-state index is 0.0571. The fourth-order valence-electron chi connectivity index (χ4n) is 3.02. The number of likely N-dealkylation sites (N-methyl/N-ethyl adjacent to an activating group) is 1. The molecular weight excluding hydrogens is 316 g/mol. The average molecular weight is 340 g/mol. The lowest BCUT2D eigenvalue weighted by molar-refractivity contribution is 0.0577. The van der Waals surface area contributed by atoms with Gasteiger partial charge in [0.2, 0.25) is 0 Å². The molecule has 1 aromatic heterocycles. The van der Waals surface area contributed by atoms with Crippen molar-refractivity contribution in [3.05, 3.63) is 53.1 Å². The van der Waals surface area contributed by atoms with E-state index in [4.69, 9.17) is 4.74 Å².